The summed E-state index contributed by atoms with van der Waals surface area (Å²) in [5.41, 5.74) is 0.820. The molecule has 3 rings (SSSR count). The zero-order valence-electron chi connectivity index (χ0n) is 16.0. The van der Waals surface area contributed by atoms with E-state index in [-0.39, 0.29) is 23.6 Å². The predicted molar refractivity (Wildman–Crippen MR) is 107 cm³/mol. The lowest BCUT2D eigenvalue weighted by molar-refractivity contribution is -0.132. The summed E-state index contributed by atoms with van der Waals surface area (Å²) in [5.74, 6) is 1.39. The molecule has 146 valence electrons. The molecule has 28 heavy (non-hydrogen) atoms. The second kappa shape index (κ2) is 8.93. The molecule has 0 bridgehead atoms. The van der Waals surface area contributed by atoms with Crippen LogP contribution in [-0.4, -0.2) is 45.8 Å². The Morgan fingerprint density at radius 2 is 2.04 bits per heavy atom. The number of ether oxygens (including phenoxy) is 1. The molecule has 7 nitrogen and oxygen atoms in total. The predicted octanol–water partition coefficient (Wildman–Crippen LogP) is 2.52. The second-order valence-corrected chi connectivity index (χ2v) is 7.33. The summed E-state index contributed by atoms with van der Waals surface area (Å²) in [5, 5.41) is 10.1. The number of benzene rings is 1. The van der Waals surface area contributed by atoms with E-state index in [1.165, 1.54) is 11.8 Å². The van der Waals surface area contributed by atoms with Crippen LogP contribution < -0.4 is 10.3 Å². The van der Waals surface area contributed by atoms with E-state index in [1.54, 1.807) is 33.7 Å². The van der Waals surface area contributed by atoms with Crippen LogP contribution in [0.3, 0.4) is 0 Å². The number of amides is 1. The van der Waals surface area contributed by atoms with Crippen LogP contribution in [0.5, 0.6) is 5.75 Å². The molecule has 0 fully saturated rings. The van der Waals surface area contributed by atoms with Crippen molar-refractivity contribution >= 4 is 17.7 Å². The van der Waals surface area contributed by atoms with Crippen molar-refractivity contribution in [3.63, 3.8) is 0 Å². The Hall–Kier alpha value is -2.79. The molecule has 0 N–H and O–H groups in total. The summed E-state index contributed by atoms with van der Waals surface area (Å²) in [6, 6.07) is 8.95. The minimum Gasteiger partial charge on any atom is -0.484 e. The molecule has 8 heteroatoms. The standard InChI is InChI=1S/C20H22N4O3S/c1-3-23(4-2)17(25)13-27-15-8-6-14(7-9-15)18-16(12-21)19(26)24-10-5-11-28-20(24)22-18/h6-9H,3-5,10-11,13H2,1-2H3. The number of likely N-dealkylation sites (N-methyl/N-ethyl adjacent to an activating group) is 1. The van der Waals surface area contributed by atoms with Gasteiger partial charge in [0.05, 0.1) is 5.69 Å². The van der Waals surface area contributed by atoms with E-state index < -0.39 is 0 Å². The first-order chi connectivity index (χ1) is 13.6. The van der Waals surface area contributed by atoms with Gasteiger partial charge in [-0.1, -0.05) is 11.8 Å². The second-order valence-electron chi connectivity index (χ2n) is 6.27. The van der Waals surface area contributed by atoms with Gasteiger partial charge in [0.25, 0.3) is 11.5 Å². The molecule has 0 unspecified atom stereocenters. The number of hydrogen-bond acceptors (Lipinski definition) is 6. The number of aromatic nitrogens is 2. The van der Waals surface area contributed by atoms with Crippen LogP contribution >= 0.6 is 11.8 Å². The van der Waals surface area contributed by atoms with E-state index >= 15 is 0 Å². The minimum absolute atomic E-state index is 0.0282. The summed E-state index contributed by atoms with van der Waals surface area (Å²) in [6.07, 6.45) is 0.891. The van der Waals surface area contributed by atoms with Crippen molar-refractivity contribution in [2.24, 2.45) is 0 Å². The highest BCUT2D eigenvalue weighted by molar-refractivity contribution is 7.99. The van der Waals surface area contributed by atoms with Crippen molar-refractivity contribution in [2.45, 2.75) is 32.0 Å². The van der Waals surface area contributed by atoms with Gasteiger partial charge in [0.1, 0.15) is 17.4 Å². The van der Waals surface area contributed by atoms with Gasteiger partial charge in [-0.25, -0.2) is 4.98 Å². The van der Waals surface area contributed by atoms with Crippen LogP contribution in [0.1, 0.15) is 25.8 Å². The zero-order chi connectivity index (χ0) is 20.1. The molecule has 0 spiro atoms. The molecular weight excluding hydrogens is 376 g/mol. The van der Waals surface area contributed by atoms with Gasteiger partial charge in [-0.2, -0.15) is 5.26 Å². The van der Waals surface area contributed by atoms with Crippen molar-refractivity contribution in [3.8, 4) is 23.1 Å². The smallest absolute Gasteiger partial charge is 0.272 e. The highest BCUT2D eigenvalue weighted by Crippen LogP contribution is 2.27. The average Bonchev–Trinajstić information content (AvgIpc) is 2.73. The molecule has 0 saturated carbocycles. The van der Waals surface area contributed by atoms with Gasteiger partial charge in [0.15, 0.2) is 11.8 Å². The van der Waals surface area contributed by atoms with Crippen molar-refractivity contribution in [2.75, 3.05) is 25.4 Å². The van der Waals surface area contributed by atoms with E-state index in [1.807, 2.05) is 19.9 Å². The van der Waals surface area contributed by atoms with Gasteiger partial charge in [-0.15, -0.1) is 0 Å². The fraction of sp³-hybridized carbons (Fsp3) is 0.400. The first kappa shape index (κ1) is 20.0. The highest BCUT2D eigenvalue weighted by atomic mass is 32.2. The molecule has 0 radical (unpaired) electrons. The Labute approximate surface area is 167 Å². The van der Waals surface area contributed by atoms with Crippen molar-refractivity contribution < 1.29 is 9.53 Å². The van der Waals surface area contributed by atoms with E-state index in [9.17, 15) is 14.9 Å². The fourth-order valence-corrected chi connectivity index (χ4v) is 4.00. The monoisotopic (exact) mass is 398 g/mol. The van der Waals surface area contributed by atoms with E-state index in [0.29, 0.717) is 41.8 Å². The number of hydrogen-bond donors (Lipinski definition) is 0. The SMILES string of the molecule is CCN(CC)C(=O)COc1ccc(-c2nc3n(c(=O)c2C#N)CCCS3)cc1. The Kier molecular flexibility index (Phi) is 6.37. The summed E-state index contributed by atoms with van der Waals surface area (Å²) < 4.78 is 7.14. The lowest BCUT2D eigenvalue weighted by Gasteiger charge is -2.19. The maximum Gasteiger partial charge on any atom is 0.272 e. The quantitative estimate of drug-likeness (QED) is 0.695. The van der Waals surface area contributed by atoms with Crippen molar-refractivity contribution in [3.05, 3.63) is 40.2 Å². The molecule has 1 aromatic heterocycles. The van der Waals surface area contributed by atoms with Crippen LogP contribution in [0.15, 0.2) is 34.2 Å². The van der Waals surface area contributed by atoms with Crippen molar-refractivity contribution in [1.82, 2.24) is 14.5 Å². The molecule has 1 aliphatic heterocycles. The van der Waals surface area contributed by atoms with E-state index in [4.69, 9.17) is 4.74 Å². The molecule has 1 amide bonds. The van der Waals surface area contributed by atoms with Crippen LogP contribution in [0.25, 0.3) is 11.3 Å². The number of thioether (sulfide) groups is 1. The first-order valence-corrected chi connectivity index (χ1v) is 10.3. The van der Waals surface area contributed by atoms with Crippen LogP contribution in [0.4, 0.5) is 0 Å². The molecule has 2 aromatic rings. The highest BCUT2D eigenvalue weighted by Gasteiger charge is 2.20. The lowest BCUT2D eigenvalue weighted by atomic mass is 10.1. The van der Waals surface area contributed by atoms with Gasteiger partial charge in [-0.05, 0) is 44.5 Å². The summed E-state index contributed by atoms with van der Waals surface area (Å²) in [4.78, 5) is 30.9. The topological polar surface area (TPSA) is 88.2 Å². The lowest BCUT2D eigenvalue weighted by Crippen LogP contribution is -2.34. The van der Waals surface area contributed by atoms with Gasteiger partial charge in [-0.3, -0.25) is 14.2 Å². The number of nitriles is 1. The van der Waals surface area contributed by atoms with Gasteiger partial charge in [0.2, 0.25) is 0 Å². The number of rotatable bonds is 6. The normalized spacial score (nSPS) is 12.8. The third-order valence-electron chi connectivity index (χ3n) is 4.61. The van der Waals surface area contributed by atoms with Gasteiger partial charge in [0, 0.05) is 31.0 Å². The van der Waals surface area contributed by atoms with Crippen LogP contribution in [0, 0.1) is 11.3 Å². The Morgan fingerprint density at radius 1 is 1.32 bits per heavy atom. The third-order valence-corrected chi connectivity index (χ3v) is 5.67. The van der Waals surface area contributed by atoms with Gasteiger partial charge < -0.3 is 9.64 Å². The van der Waals surface area contributed by atoms with Crippen LogP contribution in [-0.2, 0) is 11.3 Å². The summed E-state index contributed by atoms with van der Waals surface area (Å²) in [6.45, 7) is 5.71. The maximum atomic E-state index is 12.6. The molecule has 0 aliphatic carbocycles. The molecular formula is C20H22N4O3S. The Balaban J connectivity index is 1.82. The number of nitrogens with zero attached hydrogens (tertiary/aromatic N) is 4. The molecule has 0 saturated heterocycles. The summed E-state index contributed by atoms with van der Waals surface area (Å²) >= 11 is 1.53. The van der Waals surface area contributed by atoms with Gasteiger partial charge >= 0.3 is 0 Å². The van der Waals surface area contributed by atoms with E-state index in [2.05, 4.69) is 4.98 Å². The van der Waals surface area contributed by atoms with E-state index in [0.717, 1.165) is 12.2 Å². The first-order valence-electron chi connectivity index (χ1n) is 9.27. The summed E-state index contributed by atoms with van der Waals surface area (Å²) in [7, 11) is 0. The largest absolute Gasteiger partial charge is 0.484 e. The maximum absolute atomic E-state index is 12.6. The molecule has 1 aromatic carbocycles. The zero-order valence-corrected chi connectivity index (χ0v) is 16.8. The Bertz CT molecular complexity index is 959. The van der Waals surface area contributed by atoms with Crippen LogP contribution in [0.2, 0.25) is 0 Å². The fourth-order valence-electron chi connectivity index (χ4n) is 3.06. The third kappa shape index (κ3) is 4.04. The number of carbonyl (C=O) groups excluding carboxylic acids is 1. The average molecular weight is 398 g/mol. The minimum atomic E-state index is -0.292. The number of carbonyl (C=O) groups is 1. The molecule has 0 atom stereocenters. The molecule has 1 aliphatic rings. The Morgan fingerprint density at radius 3 is 2.68 bits per heavy atom. The molecule has 2 heterocycles. The number of fused-ring (bicyclic) bond motifs is 1. The van der Waals surface area contributed by atoms with Crippen molar-refractivity contribution in [1.29, 1.82) is 5.26 Å².